The lowest BCUT2D eigenvalue weighted by Gasteiger charge is -2.24. The Hall–Kier alpha value is -2.14. The second-order valence-electron chi connectivity index (χ2n) is 6.81. The Morgan fingerprint density at radius 2 is 2.17 bits per heavy atom. The molecule has 4 rings (SSSR count). The zero-order valence-corrected chi connectivity index (χ0v) is 13.8. The van der Waals surface area contributed by atoms with Crippen molar-refractivity contribution in [2.24, 2.45) is 5.92 Å². The van der Waals surface area contributed by atoms with Gasteiger partial charge in [-0.05, 0) is 42.9 Å². The predicted octanol–water partition coefficient (Wildman–Crippen LogP) is 3.17. The first-order valence-corrected chi connectivity index (χ1v) is 8.77. The fraction of sp³-hybridized carbons (Fsp3) is 0.474. The molecule has 1 unspecified atom stereocenters. The number of fused-ring (bicyclic) bond motifs is 1. The van der Waals surface area contributed by atoms with Crippen molar-refractivity contribution in [3.63, 3.8) is 0 Å². The number of carbonyl (C=O) groups is 1. The second kappa shape index (κ2) is 6.77. The fourth-order valence-electron chi connectivity index (χ4n) is 3.78. The Balaban J connectivity index is 1.41. The van der Waals surface area contributed by atoms with E-state index in [1.54, 1.807) is 0 Å². The van der Waals surface area contributed by atoms with Gasteiger partial charge in [-0.15, -0.1) is 0 Å². The molecule has 0 bridgehead atoms. The number of imidazole rings is 1. The lowest BCUT2D eigenvalue weighted by atomic mass is 9.89. The molecule has 0 radical (unpaired) electrons. The van der Waals surface area contributed by atoms with E-state index in [1.165, 1.54) is 17.7 Å². The number of nitrogens with zero attached hydrogens (tertiary/aromatic N) is 2. The van der Waals surface area contributed by atoms with Gasteiger partial charge in [-0.3, -0.25) is 4.79 Å². The lowest BCUT2D eigenvalue weighted by Crippen LogP contribution is -2.17. The molecule has 126 valence electrons. The van der Waals surface area contributed by atoms with E-state index in [0.717, 1.165) is 31.7 Å². The van der Waals surface area contributed by atoms with Gasteiger partial charge in [-0.2, -0.15) is 0 Å². The lowest BCUT2D eigenvalue weighted by molar-refractivity contribution is -0.117. The van der Waals surface area contributed by atoms with Crippen LogP contribution in [0.4, 0.5) is 5.69 Å². The molecule has 24 heavy (non-hydrogen) atoms. The number of rotatable bonds is 4. The van der Waals surface area contributed by atoms with Crippen molar-refractivity contribution >= 4 is 11.6 Å². The normalized spacial score (nSPS) is 23.0. The molecule has 1 fully saturated rings. The quantitative estimate of drug-likeness (QED) is 0.939. The number of hydrogen-bond acceptors (Lipinski definition) is 3. The molecular formula is C19H23N3O2. The number of hydrogen-bond donors (Lipinski definition) is 1. The van der Waals surface area contributed by atoms with E-state index in [1.807, 2.05) is 24.7 Å². The number of aromatic nitrogens is 2. The van der Waals surface area contributed by atoms with Crippen molar-refractivity contribution in [2.75, 3.05) is 18.5 Å². The topological polar surface area (TPSA) is 56.1 Å². The minimum Gasteiger partial charge on any atom is -0.381 e. The molecule has 2 atom stereocenters. The van der Waals surface area contributed by atoms with E-state index in [-0.39, 0.29) is 5.91 Å². The second-order valence-corrected chi connectivity index (χ2v) is 6.81. The van der Waals surface area contributed by atoms with Crippen LogP contribution in [-0.4, -0.2) is 28.7 Å². The van der Waals surface area contributed by atoms with Crippen LogP contribution in [0.15, 0.2) is 36.8 Å². The van der Waals surface area contributed by atoms with Crippen LogP contribution in [0.2, 0.25) is 0 Å². The Morgan fingerprint density at radius 1 is 1.29 bits per heavy atom. The first-order chi connectivity index (χ1) is 11.8. The van der Waals surface area contributed by atoms with Crippen LogP contribution in [0.1, 0.15) is 42.9 Å². The van der Waals surface area contributed by atoms with Gasteiger partial charge in [-0.25, -0.2) is 4.98 Å². The van der Waals surface area contributed by atoms with Gasteiger partial charge in [0.25, 0.3) is 0 Å². The van der Waals surface area contributed by atoms with E-state index in [2.05, 4.69) is 27.0 Å². The molecule has 2 aromatic rings. The van der Waals surface area contributed by atoms with Gasteiger partial charge in [0.1, 0.15) is 0 Å². The molecule has 3 heterocycles. The van der Waals surface area contributed by atoms with Gasteiger partial charge in [0.2, 0.25) is 5.91 Å². The van der Waals surface area contributed by atoms with Crippen LogP contribution in [0.5, 0.6) is 0 Å². The maximum atomic E-state index is 12.1. The number of aryl methyl sites for hydroxylation is 1. The van der Waals surface area contributed by atoms with E-state index in [9.17, 15) is 4.79 Å². The van der Waals surface area contributed by atoms with Crippen LogP contribution in [0, 0.1) is 5.92 Å². The van der Waals surface area contributed by atoms with Crippen molar-refractivity contribution in [3.8, 4) is 0 Å². The summed E-state index contributed by atoms with van der Waals surface area (Å²) in [6.45, 7) is 2.55. The highest BCUT2D eigenvalue weighted by molar-refractivity contribution is 5.90. The van der Waals surface area contributed by atoms with Crippen LogP contribution < -0.4 is 5.32 Å². The van der Waals surface area contributed by atoms with Gasteiger partial charge in [0, 0.05) is 49.7 Å². The summed E-state index contributed by atoms with van der Waals surface area (Å²) in [4.78, 5) is 16.4. The molecule has 5 nitrogen and oxygen atoms in total. The summed E-state index contributed by atoms with van der Waals surface area (Å²) < 4.78 is 7.57. The van der Waals surface area contributed by atoms with Crippen LogP contribution in [0.3, 0.4) is 0 Å². The molecule has 5 heteroatoms. The third kappa shape index (κ3) is 3.22. The Bertz CT molecular complexity index is 702. The molecule has 1 amide bonds. The SMILES string of the molecule is O=C(C[C@H]1CCOC1)Nc1ccc(C2CCCn3cncc32)cc1. The predicted molar refractivity (Wildman–Crippen MR) is 91.9 cm³/mol. The summed E-state index contributed by atoms with van der Waals surface area (Å²) in [5.74, 6) is 0.849. The number of amides is 1. The maximum Gasteiger partial charge on any atom is 0.224 e. The van der Waals surface area contributed by atoms with E-state index in [4.69, 9.17) is 4.74 Å². The molecule has 1 aromatic heterocycles. The molecule has 2 aliphatic heterocycles. The number of anilines is 1. The molecule has 1 saturated heterocycles. The number of ether oxygens (including phenoxy) is 1. The van der Waals surface area contributed by atoms with Crippen LogP contribution >= 0.6 is 0 Å². The summed E-state index contributed by atoms with van der Waals surface area (Å²) in [6.07, 6.45) is 7.76. The zero-order chi connectivity index (χ0) is 16.4. The summed E-state index contributed by atoms with van der Waals surface area (Å²) >= 11 is 0. The van der Waals surface area contributed by atoms with Crippen molar-refractivity contribution < 1.29 is 9.53 Å². The van der Waals surface area contributed by atoms with Crippen molar-refractivity contribution in [1.29, 1.82) is 0 Å². The molecular weight excluding hydrogens is 302 g/mol. The summed E-state index contributed by atoms with van der Waals surface area (Å²) in [5.41, 5.74) is 3.45. The Labute approximate surface area is 142 Å². The third-order valence-electron chi connectivity index (χ3n) is 5.09. The number of nitrogens with one attached hydrogen (secondary N) is 1. The van der Waals surface area contributed by atoms with Crippen molar-refractivity contribution in [1.82, 2.24) is 9.55 Å². The van der Waals surface area contributed by atoms with Crippen LogP contribution in [-0.2, 0) is 16.1 Å². The summed E-state index contributed by atoms with van der Waals surface area (Å²) in [6, 6.07) is 8.27. The van der Waals surface area contributed by atoms with E-state index in [0.29, 0.717) is 24.9 Å². The fourth-order valence-corrected chi connectivity index (χ4v) is 3.78. The smallest absolute Gasteiger partial charge is 0.224 e. The van der Waals surface area contributed by atoms with Gasteiger partial charge < -0.3 is 14.6 Å². The number of carbonyl (C=O) groups excluding carboxylic acids is 1. The van der Waals surface area contributed by atoms with Gasteiger partial charge >= 0.3 is 0 Å². The minimum absolute atomic E-state index is 0.0778. The molecule has 0 spiro atoms. The average molecular weight is 325 g/mol. The Morgan fingerprint density at radius 3 is 2.96 bits per heavy atom. The molecule has 2 aliphatic rings. The molecule has 0 aliphatic carbocycles. The summed E-state index contributed by atoms with van der Waals surface area (Å²) in [5, 5.41) is 3.00. The molecule has 0 saturated carbocycles. The van der Waals surface area contributed by atoms with E-state index >= 15 is 0 Å². The first kappa shape index (κ1) is 15.4. The highest BCUT2D eigenvalue weighted by Crippen LogP contribution is 2.33. The minimum atomic E-state index is 0.0778. The highest BCUT2D eigenvalue weighted by Gasteiger charge is 2.22. The maximum absolute atomic E-state index is 12.1. The van der Waals surface area contributed by atoms with Crippen molar-refractivity contribution in [2.45, 2.75) is 38.1 Å². The first-order valence-electron chi connectivity index (χ1n) is 8.77. The average Bonchev–Trinajstić information content (AvgIpc) is 3.26. The summed E-state index contributed by atoms with van der Waals surface area (Å²) in [7, 11) is 0. The van der Waals surface area contributed by atoms with Gasteiger partial charge in [0.15, 0.2) is 0 Å². The monoisotopic (exact) mass is 325 g/mol. The molecule has 1 N–H and O–H groups in total. The van der Waals surface area contributed by atoms with E-state index < -0.39 is 0 Å². The van der Waals surface area contributed by atoms with Gasteiger partial charge in [0.05, 0.1) is 6.33 Å². The third-order valence-corrected chi connectivity index (χ3v) is 5.09. The standard InChI is InChI=1S/C19H23N3O2/c23-19(10-14-7-9-24-12-14)21-16-5-3-15(4-6-16)17-2-1-8-22-13-20-11-18(17)22/h3-6,11,13-14,17H,1-2,7-10,12H2,(H,21,23)/t14-,17?/m1/s1. The number of benzene rings is 1. The highest BCUT2D eigenvalue weighted by atomic mass is 16.5. The van der Waals surface area contributed by atoms with Gasteiger partial charge in [-0.1, -0.05) is 12.1 Å². The van der Waals surface area contributed by atoms with Crippen LogP contribution in [0.25, 0.3) is 0 Å². The van der Waals surface area contributed by atoms with Crippen molar-refractivity contribution in [3.05, 3.63) is 48.0 Å². The molecule has 1 aromatic carbocycles. The zero-order valence-electron chi connectivity index (χ0n) is 13.8. The largest absolute Gasteiger partial charge is 0.381 e. The Kier molecular flexibility index (Phi) is 4.34.